The molecule has 532 valence electrons. The number of halogens is 14. The summed E-state index contributed by atoms with van der Waals surface area (Å²) in [7, 11) is 0. The van der Waals surface area contributed by atoms with Gasteiger partial charge in [-0.15, -0.1) is 6.58 Å². The Morgan fingerprint density at radius 3 is 1.44 bits per heavy atom. The molecular weight excluding hydrogens is 1890 g/mol. The second-order valence-corrected chi connectivity index (χ2v) is 31.8. The average molecular weight is 1950 g/mol. The summed E-state index contributed by atoms with van der Waals surface area (Å²) >= 11 is 63.6. The third-order valence-corrected chi connectivity index (χ3v) is 19.7. The molecule has 0 radical (unpaired) electrons. The Bertz CT molecular complexity index is 4030. The third kappa shape index (κ3) is 26.7. The Kier molecular flexibility index (Phi) is 33.9. The highest BCUT2D eigenvalue weighted by Crippen LogP contribution is 2.42. The lowest BCUT2D eigenvalue weighted by atomic mass is 10.1. The van der Waals surface area contributed by atoms with Gasteiger partial charge in [-0.25, -0.2) is 9.59 Å². The average Bonchev–Trinajstić information content (AvgIpc) is 1.65. The van der Waals surface area contributed by atoms with Crippen LogP contribution in [0.25, 0.3) is 0 Å². The van der Waals surface area contributed by atoms with Crippen LogP contribution in [-0.4, -0.2) is 129 Å². The molecule has 7 aromatic carbocycles. The molecule has 4 atom stereocenters. The van der Waals surface area contributed by atoms with Crippen molar-refractivity contribution >= 4 is 211 Å². The molecule has 5 aliphatic heterocycles. The monoisotopic (exact) mass is 1940 g/mol. The molecule has 2 amide bonds. The Balaban J connectivity index is 0.000000187. The first kappa shape index (κ1) is 84.1. The molecule has 7 aromatic rings. The van der Waals surface area contributed by atoms with E-state index in [2.05, 4.69) is 125 Å². The minimum Gasteiger partial charge on any atom is -0.507 e. The normalized spacial score (nSPS) is 16.3. The number of piperazine rings is 1. The van der Waals surface area contributed by atoms with Crippen molar-refractivity contribution < 1.29 is 68.3 Å². The van der Waals surface area contributed by atoms with Gasteiger partial charge in [0.2, 0.25) is 0 Å². The summed E-state index contributed by atoms with van der Waals surface area (Å²) in [6.45, 7) is 15.8. The van der Waals surface area contributed by atoms with Gasteiger partial charge in [0.05, 0.1) is 50.6 Å². The molecule has 2 saturated heterocycles. The van der Waals surface area contributed by atoms with Gasteiger partial charge in [0.25, 0.3) is 5.91 Å². The van der Waals surface area contributed by atoms with Crippen LogP contribution in [-0.2, 0) is 51.2 Å². The molecule has 5 aliphatic rings. The van der Waals surface area contributed by atoms with E-state index in [9.17, 15) is 24.6 Å². The van der Waals surface area contributed by atoms with E-state index in [-0.39, 0.29) is 48.1 Å². The Hall–Kier alpha value is -3.86. The van der Waals surface area contributed by atoms with Crippen molar-refractivity contribution in [2.75, 3.05) is 46.0 Å². The summed E-state index contributed by atoms with van der Waals surface area (Å²) in [4.78, 5) is 39.0. The largest absolute Gasteiger partial charge is 0.507 e. The fraction of sp³-hybridized carbons (Fsp3) is 0.290. The van der Waals surface area contributed by atoms with Crippen LogP contribution in [0.4, 0.5) is 4.79 Å². The van der Waals surface area contributed by atoms with Crippen LogP contribution in [0.5, 0.6) is 40.2 Å². The predicted octanol–water partition coefficient (Wildman–Crippen LogP) is 21.1. The zero-order valence-electron chi connectivity index (χ0n) is 52.7. The van der Waals surface area contributed by atoms with Gasteiger partial charge < -0.3 is 63.8 Å². The molecule has 0 bridgehead atoms. The summed E-state index contributed by atoms with van der Waals surface area (Å²) in [5, 5.41) is 50.2. The first-order valence-corrected chi connectivity index (χ1v) is 37.8. The number of amides is 2. The third-order valence-electron chi connectivity index (χ3n) is 13.9. The number of phenols is 3. The fourth-order valence-corrected chi connectivity index (χ4v) is 15.4. The van der Waals surface area contributed by atoms with Crippen LogP contribution >= 0.6 is 193 Å². The number of carboxylic acids is 1. The number of phenolic OH excluding ortho intramolecular Hbond substituents is 3. The van der Waals surface area contributed by atoms with Gasteiger partial charge in [-0.3, -0.25) is 4.79 Å². The highest BCUT2D eigenvalue weighted by Gasteiger charge is 2.37. The maximum absolute atomic E-state index is 12.8. The zero-order valence-corrected chi connectivity index (χ0v) is 69.1. The van der Waals surface area contributed by atoms with Crippen molar-refractivity contribution in [1.29, 1.82) is 0 Å². The topological polar surface area (TPSA) is 218 Å². The second kappa shape index (κ2) is 39.9. The molecule has 12 rings (SSSR count). The number of hydrogen-bond donors (Lipinski definition) is 5. The molecule has 2 fully saturated rings. The van der Waals surface area contributed by atoms with Crippen molar-refractivity contribution in [1.82, 2.24) is 9.80 Å². The molecule has 5 N–H and O–H groups in total. The molecule has 5 heterocycles. The van der Waals surface area contributed by atoms with Crippen molar-refractivity contribution in [2.45, 2.75) is 82.9 Å². The molecule has 99 heavy (non-hydrogen) atoms. The van der Waals surface area contributed by atoms with E-state index >= 15 is 0 Å². The van der Waals surface area contributed by atoms with E-state index in [1.165, 1.54) is 6.07 Å². The van der Waals surface area contributed by atoms with Crippen molar-refractivity contribution in [3.63, 3.8) is 0 Å². The predicted molar refractivity (Wildman–Crippen MR) is 416 cm³/mol. The standard InChI is InChI=1S/C18H22BrClN2O4.C9H6BrClO3.2C9H8BrClO2.2C9H8BrClO.C6H4BrClO/c1-18(2,3)26-17(24)22-6-4-21(5-7-22)16(23)14-9-11-8-12(20)10-13(19)15(11)25-14;10-6-3-5(11)1-4-2-7(9(12)13)14-8(4)6;10-8-3-6(11)1-5(9(8)12)2-7-4-13-7;10-8-3-6(11)1-5-2-7(4-12)13-9(5)8;1-2-5-12-9-4-3-7(11)6-8(9)10;1-2-3-6-4-7(11)5-8(10)9(6)12;7-5-3-4(8)1-2-6(5)9/h8,10,14H,4-7,9H2,1-3H3;1,3,7H,2H2,(H,12,13);2*1,3,7,12H,2,4H2;2-4,6H,1,5H2;2,4-5,12H,1,3H2;1-3,9H. The number of carbonyl (C=O) groups excluding carboxylic acids is 2. The lowest BCUT2D eigenvalue weighted by molar-refractivity contribution is -0.144. The molecule has 0 aliphatic carbocycles. The Morgan fingerprint density at radius 2 is 0.980 bits per heavy atom. The van der Waals surface area contributed by atoms with Crippen LogP contribution in [0.15, 0.2) is 154 Å². The number of aliphatic hydroxyl groups is 1. The van der Waals surface area contributed by atoms with Gasteiger partial charge in [-0.2, -0.15) is 0 Å². The lowest BCUT2D eigenvalue weighted by Gasteiger charge is -2.36. The van der Waals surface area contributed by atoms with Crippen molar-refractivity contribution in [3.05, 3.63) is 217 Å². The number of aromatic hydroxyl groups is 3. The molecule has 16 nitrogen and oxygen atoms in total. The number of rotatable bonds is 10. The smallest absolute Gasteiger partial charge is 0.410 e. The lowest BCUT2D eigenvalue weighted by Crippen LogP contribution is -2.54. The number of allylic oxidation sites excluding steroid dienone is 1. The van der Waals surface area contributed by atoms with Crippen LogP contribution in [0.3, 0.4) is 0 Å². The number of carbonyl (C=O) groups is 3. The number of ether oxygens (including phenoxy) is 6. The van der Waals surface area contributed by atoms with Crippen LogP contribution in [0, 0.1) is 0 Å². The maximum atomic E-state index is 12.8. The van der Waals surface area contributed by atoms with Gasteiger partial charge in [0, 0.05) is 109 Å². The SMILES string of the molecule is C=CCOc1ccc(Cl)cc1Br.C=CCc1cc(Cl)cc(Br)c1O.CC(C)(C)OC(=O)N1CCN(C(=O)C2Cc3cc(Cl)cc(Br)c3O2)CC1.O=C(O)C1Cc2cc(Cl)cc(Br)c2O1.OCC1Cc2cc(Cl)cc(Br)c2O1.Oc1c(Br)cc(Cl)cc1CC1CO1.Oc1ccc(Cl)cc1Br. The van der Waals surface area contributed by atoms with Gasteiger partial charge in [0.15, 0.2) is 12.2 Å². The molecule has 4 unspecified atom stereocenters. The highest BCUT2D eigenvalue weighted by atomic mass is 79.9. The van der Waals surface area contributed by atoms with Crippen molar-refractivity contribution in [2.24, 2.45) is 0 Å². The van der Waals surface area contributed by atoms with E-state index < -0.39 is 23.8 Å². The van der Waals surface area contributed by atoms with Gasteiger partial charge in [0.1, 0.15) is 58.6 Å². The van der Waals surface area contributed by atoms with Crippen molar-refractivity contribution in [3.8, 4) is 40.2 Å². The summed E-state index contributed by atoms with van der Waals surface area (Å²) in [5.41, 5.74) is 3.90. The number of benzene rings is 7. The summed E-state index contributed by atoms with van der Waals surface area (Å²) < 4.78 is 37.4. The molecule has 0 saturated carbocycles. The second-order valence-electron chi connectivity index (χ2n) is 22.7. The number of nitrogens with zero attached hydrogens (tertiary/aromatic N) is 2. The van der Waals surface area contributed by atoms with Gasteiger partial charge in [-0.05, 0) is 241 Å². The van der Waals surface area contributed by atoms with Crippen LogP contribution in [0.2, 0.25) is 35.2 Å². The highest BCUT2D eigenvalue weighted by molar-refractivity contribution is 9.11. The van der Waals surface area contributed by atoms with E-state index in [0.29, 0.717) is 117 Å². The first-order chi connectivity index (χ1) is 46.7. The quantitative estimate of drug-likeness (QED) is 0.0636. The summed E-state index contributed by atoms with van der Waals surface area (Å²) in [5.74, 6) is 2.54. The van der Waals surface area contributed by atoms with Gasteiger partial charge in [-0.1, -0.05) is 99.9 Å². The molecule has 0 aromatic heterocycles. The summed E-state index contributed by atoms with van der Waals surface area (Å²) in [6.07, 6.45) is 4.81. The number of fused-ring (bicyclic) bond motifs is 3. The van der Waals surface area contributed by atoms with Gasteiger partial charge >= 0.3 is 12.1 Å². The number of epoxide rings is 1. The maximum Gasteiger partial charge on any atom is 0.410 e. The summed E-state index contributed by atoms with van der Waals surface area (Å²) in [6, 6.07) is 27.7. The minimum atomic E-state index is -0.954. The number of carboxylic acid groups (broad SMARTS) is 1. The van der Waals surface area contributed by atoms with E-state index in [0.717, 1.165) is 72.2 Å². The van der Waals surface area contributed by atoms with Crippen LogP contribution in [0.1, 0.15) is 48.6 Å². The van der Waals surface area contributed by atoms with E-state index in [4.69, 9.17) is 125 Å². The first-order valence-electron chi connectivity index (χ1n) is 29.6. The number of aliphatic carboxylic acids is 1. The zero-order chi connectivity index (χ0) is 73.2. The number of aliphatic hydroxyl groups excluding tert-OH is 1. The molecule has 0 spiro atoms. The Labute approximate surface area is 667 Å². The van der Waals surface area contributed by atoms with E-state index in [1.807, 2.05) is 39.0 Å². The number of hydrogen-bond acceptors (Lipinski definition) is 13. The molecular formula is C69H64Br7Cl7N2O14. The minimum absolute atomic E-state index is 0.0404. The van der Waals surface area contributed by atoms with Crippen LogP contribution < -0.4 is 18.9 Å². The Morgan fingerprint density at radius 1 is 0.545 bits per heavy atom. The van der Waals surface area contributed by atoms with E-state index in [1.54, 1.807) is 94.7 Å². The fourth-order valence-electron chi connectivity index (χ4n) is 9.29. The molecule has 30 heteroatoms.